The highest BCUT2D eigenvalue weighted by atomic mass is 19.1. The van der Waals surface area contributed by atoms with Crippen LogP contribution in [0.3, 0.4) is 0 Å². The van der Waals surface area contributed by atoms with Crippen LogP contribution >= 0.6 is 0 Å². The van der Waals surface area contributed by atoms with Crippen LogP contribution in [0.2, 0.25) is 0 Å². The zero-order valence-electron chi connectivity index (χ0n) is 11.3. The van der Waals surface area contributed by atoms with E-state index in [0.717, 1.165) is 43.4 Å². The Morgan fingerprint density at radius 3 is 2.79 bits per heavy atom. The summed E-state index contributed by atoms with van der Waals surface area (Å²) in [6.07, 6.45) is 0.424. The molecule has 0 saturated carbocycles. The monoisotopic (exact) mass is 268 g/mol. The van der Waals surface area contributed by atoms with Crippen LogP contribution in [0.4, 0.5) is 10.1 Å². The van der Waals surface area contributed by atoms with Crippen molar-refractivity contribution < 1.29 is 13.9 Å². The van der Waals surface area contributed by atoms with Crippen LogP contribution in [0.5, 0.6) is 11.5 Å². The van der Waals surface area contributed by atoms with Gasteiger partial charge < -0.3 is 19.7 Å². The van der Waals surface area contributed by atoms with Gasteiger partial charge in [-0.3, -0.25) is 4.39 Å². The maximum Gasteiger partial charge on any atom is 0.142 e. The standard InChI is InChI=1S/C14H21FN2O2/c1-18-12-3-4-14(19-10-2-5-15)13(11-12)17-8-6-16-7-9-17/h3-4,11,16H,2,5-10H2,1H3. The molecule has 0 bridgehead atoms. The molecule has 106 valence electrons. The van der Waals surface area contributed by atoms with Crippen LogP contribution in [-0.2, 0) is 0 Å². The van der Waals surface area contributed by atoms with Gasteiger partial charge >= 0.3 is 0 Å². The molecule has 1 heterocycles. The Labute approximate surface area is 113 Å². The summed E-state index contributed by atoms with van der Waals surface area (Å²) < 4.78 is 23.1. The van der Waals surface area contributed by atoms with E-state index in [-0.39, 0.29) is 6.67 Å². The van der Waals surface area contributed by atoms with E-state index in [0.29, 0.717) is 13.0 Å². The van der Waals surface area contributed by atoms with Gasteiger partial charge in [0.1, 0.15) is 11.5 Å². The molecule has 1 N–H and O–H groups in total. The van der Waals surface area contributed by atoms with E-state index in [1.54, 1.807) is 7.11 Å². The fourth-order valence-electron chi connectivity index (χ4n) is 2.14. The van der Waals surface area contributed by atoms with Gasteiger partial charge in [-0.25, -0.2) is 0 Å². The number of benzene rings is 1. The van der Waals surface area contributed by atoms with Gasteiger partial charge in [0.2, 0.25) is 0 Å². The predicted molar refractivity (Wildman–Crippen MR) is 74.2 cm³/mol. The van der Waals surface area contributed by atoms with Crippen molar-refractivity contribution in [2.24, 2.45) is 0 Å². The number of methoxy groups -OCH3 is 1. The van der Waals surface area contributed by atoms with Gasteiger partial charge in [0.25, 0.3) is 0 Å². The largest absolute Gasteiger partial charge is 0.497 e. The Balaban J connectivity index is 2.15. The number of hydrogen-bond donors (Lipinski definition) is 1. The SMILES string of the molecule is COc1ccc(OCCCF)c(N2CCNCC2)c1. The molecule has 19 heavy (non-hydrogen) atoms. The summed E-state index contributed by atoms with van der Waals surface area (Å²) in [7, 11) is 1.65. The van der Waals surface area contributed by atoms with E-state index >= 15 is 0 Å². The first-order valence-corrected chi connectivity index (χ1v) is 6.67. The number of rotatable bonds is 6. The Morgan fingerprint density at radius 2 is 2.11 bits per heavy atom. The average molecular weight is 268 g/mol. The van der Waals surface area contributed by atoms with Gasteiger partial charge in [0, 0.05) is 38.7 Å². The van der Waals surface area contributed by atoms with E-state index in [2.05, 4.69) is 10.2 Å². The molecule has 0 unspecified atom stereocenters. The first-order chi connectivity index (χ1) is 9.35. The van der Waals surface area contributed by atoms with Crippen molar-refractivity contribution in [3.8, 4) is 11.5 Å². The fourth-order valence-corrected chi connectivity index (χ4v) is 2.14. The third kappa shape index (κ3) is 3.73. The molecule has 1 aromatic rings. The lowest BCUT2D eigenvalue weighted by Gasteiger charge is -2.31. The summed E-state index contributed by atoms with van der Waals surface area (Å²) in [5.41, 5.74) is 1.03. The van der Waals surface area contributed by atoms with Crippen molar-refractivity contribution in [3.05, 3.63) is 18.2 Å². The number of nitrogens with one attached hydrogen (secondary N) is 1. The quantitative estimate of drug-likeness (QED) is 0.798. The molecule has 1 aromatic carbocycles. The zero-order chi connectivity index (χ0) is 13.5. The molecule has 0 aliphatic carbocycles. The van der Waals surface area contributed by atoms with Crippen LogP contribution in [0.15, 0.2) is 18.2 Å². The molecular formula is C14H21FN2O2. The van der Waals surface area contributed by atoms with Crippen LogP contribution < -0.4 is 19.7 Å². The van der Waals surface area contributed by atoms with Crippen LogP contribution in [0, 0.1) is 0 Å². The first kappa shape index (κ1) is 13.9. The number of alkyl halides is 1. The predicted octanol–water partition coefficient (Wildman–Crippen LogP) is 1.84. The van der Waals surface area contributed by atoms with Crippen LogP contribution in [0.1, 0.15) is 6.42 Å². The maximum absolute atomic E-state index is 12.2. The number of anilines is 1. The number of piperazine rings is 1. The number of nitrogens with zero attached hydrogens (tertiary/aromatic N) is 1. The number of halogens is 1. The molecule has 1 aliphatic rings. The van der Waals surface area contributed by atoms with Crippen molar-refractivity contribution in [1.29, 1.82) is 0 Å². The fraction of sp³-hybridized carbons (Fsp3) is 0.571. The lowest BCUT2D eigenvalue weighted by atomic mass is 10.2. The summed E-state index contributed by atoms with van der Waals surface area (Å²) in [4.78, 5) is 2.27. The van der Waals surface area contributed by atoms with E-state index < -0.39 is 0 Å². The van der Waals surface area contributed by atoms with Crippen molar-refractivity contribution in [2.75, 3.05) is 51.5 Å². The minimum atomic E-state index is -0.348. The molecule has 1 aliphatic heterocycles. The molecular weight excluding hydrogens is 247 g/mol. The van der Waals surface area contributed by atoms with Gasteiger partial charge in [0.05, 0.1) is 26.1 Å². The molecule has 0 spiro atoms. The van der Waals surface area contributed by atoms with E-state index in [9.17, 15) is 4.39 Å². The summed E-state index contributed by atoms with van der Waals surface area (Å²) in [6, 6.07) is 5.75. The molecule has 0 aromatic heterocycles. The Bertz CT molecular complexity index is 395. The van der Waals surface area contributed by atoms with Gasteiger partial charge in [-0.15, -0.1) is 0 Å². The van der Waals surface area contributed by atoms with Gasteiger partial charge in [-0.1, -0.05) is 0 Å². The second kappa shape index (κ2) is 7.19. The summed E-state index contributed by atoms with van der Waals surface area (Å²) in [6.45, 7) is 3.85. The van der Waals surface area contributed by atoms with Crippen molar-refractivity contribution in [3.63, 3.8) is 0 Å². The lowest BCUT2D eigenvalue weighted by molar-refractivity contribution is 0.289. The third-order valence-corrected chi connectivity index (χ3v) is 3.16. The van der Waals surface area contributed by atoms with Gasteiger partial charge in [-0.2, -0.15) is 0 Å². The summed E-state index contributed by atoms with van der Waals surface area (Å²) in [5.74, 6) is 1.61. The lowest BCUT2D eigenvalue weighted by Crippen LogP contribution is -2.43. The minimum absolute atomic E-state index is 0.348. The summed E-state index contributed by atoms with van der Waals surface area (Å²) >= 11 is 0. The molecule has 0 atom stereocenters. The normalized spacial score (nSPS) is 15.4. The number of ether oxygens (including phenoxy) is 2. The second-order valence-corrected chi connectivity index (χ2v) is 4.46. The molecule has 4 nitrogen and oxygen atoms in total. The highest BCUT2D eigenvalue weighted by molar-refractivity contribution is 5.62. The molecule has 0 amide bonds. The van der Waals surface area contributed by atoms with Crippen molar-refractivity contribution >= 4 is 5.69 Å². The van der Waals surface area contributed by atoms with Gasteiger partial charge in [-0.05, 0) is 12.1 Å². The van der Waals surface area contributed by atoms with Crippen LogP contribution in [0.25, 0.3) is 0 Å². The average Bonchev–Trinajstić information content (AvgIpc) is 2.48. The topological polar surface area (TPSA) is 33.7 Å². The first-order valence-electron chi connectivity index (χ1n) is 6.67. The summed E-state index contributed by atoms with van der Waals surface area (Å²) in [5, 5.41) is 3.32. The van der Waals surface area contributed by atoms with E-state index in [4.69, 9.17) is 9.47 Å². The van der Waals surface area contributed by atoms with E-state index in [1.807, 2.05) is 18.2 Å². The van der Waals surface area contributed by atoms with Crippen molar-refractivity contribution in [1.82, 2.24) is 5.32 Å². The third-order valence-electron chi connectivity index (χ3n) is 3.16. The molecule has 1 fully saturated rings. The minimum Gasteiger partial charge on any atom is -0.497 e. The molecule has 2 rings (SSSR count). The number of hydrogen-bond acceptors (Lipinski definition) is 4. The molecule has 0 radical (unpaired) electrons. The second-order valence-electron chi connectivity index (χ2n) is 4.46. The Kier molecular flexibility index (Phi) is 5.27. The molecule has 1 saturated heterocycles. The van der Waals surface area contributed by atoms with E-state index in [1.165, 1.54) is 0 Å². The molecule has 5 heteroatoms. The highest BCUT2D eigenvalue weighted by Crippen LogP contribution is 2.32. The van der Waals surface area contributed by atoms with Crippen molar-refractivity contribution in [2.45, 2.75) is 6.42 Å². The zero-order valence-corrected chi connectivity index (χ0v) is 11.3. The Morgan fingerprint density at radius 1 is 1.32 bits per heavy atom. The smallest absolute Gasteiger partial charge is 0.142 e. The Hall–Kier alpha value is -1.49. The maximum atomic E-state index is 12.2. The van der Waals surface area contributed by atoms with Gasteiger partial charge in [0.15, 0.2) is 0 Å². The highest BCUT2D eigenvalue weighted by Gasteiger charge is 2.16. The van der Waals surface area contributed by atoms with Crippen LogP contribution in [-0.4, -0.2) is 46.6 Å².